The molecule has 1 atom stereocenters. The van der Waals surface area contributed by atoms with Crippen LogP contribution in [0.15, 0.2) is 71.7 Å². The second-order valence-corrected chi connectivity index (χ2v) is 6.96. The van der Waals surface area contributed by atoms with Crippen molar-refractivity contribution in [2.45, 2.75) is 19.0 Å². The Morgan fingerprint density at radius 3 is 2.47 bits per heavy atom. The Kier molecular flexibility index (Phi) is 5.05. The first kappa shape index (κ1) is 19.4. The lowest BCUT2D eigenvalue weighted by Gasteiger charge is -2.33. The number of benzene rings is 2. The molecule has 8 heteroatoms. The Morgan fingerprint density at radius 1 is 1.03 bits per heavy atom. The van der Waals surface area contributed by atoms with Gasteiger partial charge in [0.15, 0.2) is 0 Å². The van der Waals surface area contributed by atoms with E-state index in [0.717, 1.165) is 22.1 Å². The molecule has 1 aliphatic rings. The molecule has 0 unspecified atom stereocenters. The molecule has 30 heavy (non-hydrogen) atoms. The van der Waals surface area contributed by atoms with Crippen LogP contribution >= 0.6 is 0 Å². The number of aromatic nitrogens is 1. The zero-order chi connectivity index (χ0) is 21.3. The molecule has 0 saturated heterocycles. The Bertz CT molecular complexity index is 1190. The van der Waals surface area contributed by atoms with Crippen LogP contribution in [0.3, 0.4) is 0 Å². The average molecular weight is 407 g/mol. The predicted octanol–water partition coefficient (Wildman–Crippen LogP) is 3.02. The summed E-state index contributed by atoms with van der Waals surface area (Å²) in [5.74, 6) is -1.34. The summed E-state index contributed by atoms with van der Waals surface area (Å²) in [5.41, 5.74) is 1.64. The van der Waals surface area contributed by atoms with Crippen LogP contribution in [0.2, 0.25) is 0 Å². The smallest absolute Gasteiger partial charge is 0.408 e. The van der Waals surface area contributed by atoms with Gasteiger partial charge in [-0.25, -0.2) is 9.18 Å². The van der Waals surface area contributed by atoms with Crippen LogP contribution in [-0.2, 0) is 17.8 Å². The molecule has 3 aromatic rings. The third-order valence-corrected chi connectivity index (χ3v) is 5.11. The Morgan fingerprint density at radius 2 is 1.77 bits per heavy atom. The van der Waals surface area contributed by atoms with Gasteiger partial charge >= 0.3 is 6.09 Å². The van der Waals surface area contributed by atoms with Crippen molar-refractivity contribution < 1.29 is 19.1 Å². The molecule has 4 rings (SSSR count). The van der Waals surface area contributed by atoms with Gasteiger partial charge in [0, 0.05) is 24.8 Å². The number of anilines is 1. The number of rotatable bonds is 3. The van der Waals surface area contributed by atoms with Crippen molar-refractivity contribution in [2.24, 2.45) is 0 Å². The minimum atomic E-state index is -1.22. The third kappa shape index (κ3) is 3.67. The van der Waals surface area contributed by atoms with E-state index in [1.165, 1.54) is 29.0 Å². The maximum atomic E-state index is 14.6. The number of nitrogens with zero attached hydrogens (tertiary/aromatic N) is 2. The molecule has 0 spiro atoms. The summed E-state index contributed by atoms with van der Waals surface area (Å²) >= 11 is 0. The Balaban J connectivity index is 1.58. The van der Waals surface area contributed by atoms with Gasteiger partial charge in [-0.1, -0.05) is 30.3 Å². The van der Waals surface area contributed by atoms with Crippen LogP contribution < -0.4 is 10.9 Å². The van der Waals surface area contributed by atoms with E-state index in [2.05, 4.69) is 5.32 Å². The van der Waals surface area contributed by atoms with Crippen molar-refractivity contribution >= 4 is 17.7 Å². The fourth-order valence-electron chi connectivity index (χ4n) is 3.57. The van der Waals surface area contributed by atoms with Gasteiger partial charge in [0.2, 0.25) is 5.91 Å². The highest BCUT2D eigenvalue weighted by atomic mass is 19.1. The van der Waals surface area contributed by atoms with E-state index in [0.29, 0.717) is 5.69 Å². The molecule has 0 radical (unpaired) electrons. The SMILES string of the molecule is O=C(Nc1ccc(-n2ccccc2=O)cc1F)[C@H]1Cc2ccccc2CN1C(=O)O. The highest BCUT2D eigenvalue weighted by Gasteiger charge is 2.34. The summed E-state index contributed by atoms with van der Waals surface area (Å²) in [4.78, 5) is 37.4. The second-order valence-electron chi connectivity index (χ2n) is 6.96. The predicted molar refractivity (Wildman–Crippen MR) is 108 cm³/mol. The Hall–Kier alpha value is -3.94. The van der Waals surface area contributed by atoms with Crippen molar-refractivity contribution in [3.63, 3.8) is 0 Å². The van der Waals surface area contributed by atoms with Gasteiger partial charge in [-0.3, -0.25) is 19.1 Å². The molecule has 0 aliphatic carbocycles. The first-order chi connectivity index (χ1) is 14.4. The number of pyridine rings is 1. The van der Waals surface area contributed by atoms with Crippen molar-refractivity contribution in [1.29, 1.82) is 0 Å². The summed E-state index contributed by atoms with van der Waals surface area (Å²) < 4.78 is 15.9. The van der Waals surface area contributed by atoms with E-state index in [1.54, 1.807) is 12.1 Å². The lowest BCUT2D eigenvalue weighted by atomic mass is 9.94. The number of hydrogen-bond acceptors (Lipinski definition) is 3. The highest BCUT2D eigenvalue weighted by Crippen LogP contribution is 2.25. The number of amides is 2. The first-order valence-corrected chi connectivity index (χ1v) is 9.29. The molecule has 7 nitrogen and oxygen atoms in total. The van der Waals surface area contributed by atoms with Gasteiger partial charge < -0.3 is 10.4 Å². The maximum Gasteiger partial charge on any atom is 0.408 e. The summed E-state index contributed by atoms with van der Waals surface area (Å²) in [6, 6.07) is 14.9. The van der Waals surface area contributed by atoms with E-state index >= 15 is 0 Å². The van der Waals surface area contributed by atoms with Crippen LogP contribution in [0.5, 0.6) is 0 Å². The number of fused-ring (bicyclic) bond motifs is 1. The molecule has 152 valence electrons. The third-order valence-electron chi connectivity index (χ3n) is 5.11. The van der Waals surface area contributed by atoms with Crippen LogP contribution in [0.1, 0.15) is 11.1 Å². The van der Waals surface area contributed by atoms with Crippen molar-refractivity contribution in [3.05, 3.63) is 94.2 Å². The van der Waals surface area contributed by atoms with Gasteiger partial charge in [0.05, 0.1) is 17.9 Å². The molecule has 1 aromatic heterocycles. The molecular weight excluding hydrogens is 389 g/mol. The number of carbonyl (C=O) groups excluding carboxylic acids is 1. The van der Waals surface area contributed by atoms with Crippen LogP contribution in [0.4, 0.5) is 14.9 Å². The monoisotopic (exact) mass is 407 g/mol. The maximum absolute atomic E-state index is 14.6. The molecule has 0 bridgehead atoms. The summed E-state index contributed by atoms with van der Waals surface area (Å²) in [6.07, 6.45) is 0.497. The average Bonchev–Trinajstić information content (AvgIpc) is 2.74. The molecule has 2 aromatic carbocycles. The number of nitrogens with one attached hydrogen (secondary N) is 1. The summed E-state index contributed by atoms with van der Waals surface area (Å²) in [7, 11) is 0. The zero-order valence-electron chi connectivity index (χ0n) is 15.8. The second kappa shape index (κ2) is 7.82. The normalized spacial score (nSPS) is 15.4. The molecule has 2 N–H and O–H groups in total. The van der Waals surface area contributed by atoms with Crippen molar-refractivity contribution in [1.82, 2.24) is 9.47 Å². The van der Waals surface area contributed by atoms with E-state index in [-0.39, 0.29) is 24.2 Å². The number of hydrogen-bond donors (Lipinski definition) is 2. The lowest BCUT2D eigenvalue weighted by molar-refractivity contribution is -0.121. The standard InChI is InChI=1S/C22H18FN3O4/c23-17-12-16(25-10-4-3-7-20(25)27)8-9-18(17)24-21(28)19-11-14-5-1-2-6-15(14)13-26(19)22(29)30/h1-10,12,19H,11,13H2,(H,24,28)(H,29,30)/t19-/m1/s1. The van der Waals surface area contributed by atoms with Gasteiger partial charge in [-0.05, 0) is 29.3 Å². The van der Waals surface area contributed by atoms with Crippen molar-refractivity contribution in [3.8, 4) is 5.69 Å². The fourth-order valence-corrected chi connectivity index (χ4v) is 3.57. The first-order valence-electron chi connectivity index (χ1n) is 9.29. The number of halogens is 1. The highest BCUT2D eigenvalue weighted by molar-refractivity contribution is 5.97. The number of carbonyl (C=O) groups is 2. The van der Waals surface area contributed by atoms with E-state index in [4.69, 9.17) is 0 Å². The topological polar surface area (TPSA) is 91.6 Å². The largest absolute Gasteiger partial charge is 0.465 e. The molecule has 0 fully saturated rings. The summed E-state index contributed by atoms with van der Waals surface area (Å²) in [6.45, 7) is 0.0853. The quantitative estimate of drug-likeness (QED) is 0.698. The molecular formula is C22H18FN3O4. The van der Waals surface area contributed by atoms with Gasteiger partial charge in [-0.2, -0.15) is 0 Å². The van der Waals surface area contributed by atoms with Gasteiger partial charge in [0.1, 0.15) is 11.9 Å². The van der Waals surface area contributed by atoms with Crippen LogP contribution in [-0.4, -0.2) is 32.6 Å². The molecule has 2 amide bonds. The Labute approximate surface area is 171 Å². The fraction of sp³-hybridized carbons (Fsp3) is 0.136. The molecule has 0 saturated carbocycles. The zero-order valence-corrected chi connectivity index (χ0v) is 15.8. The van der Waals surface area contributed by atoms with E-state index in [1.807, 2.05) is 24.3 Å². The lowest BCUT2D eigenvalue weighted by Crippen LogP contribution is -2.50. The van der Waals surface area contributed by atoms with Gasteiger partial charge in [0.25, 0.3) is 5.56 Å². The van der Waals surface area contributed by atoms with Gasteiger partial charge in [-0.15, -0.1) is 0 Å². The minimum absolute atomic E-state index is 0.0853. The van der Waals surface area contributed by atoms with Crippen LogP contribution in [0.25, 0.3) is 5.69 Å². The van der Waals surface area contributed by atoms with E-state index in [9.17, 15) is 23.9 Å². The minimum Gasteiger partial charge on any atom is -0.465 e. The molecule has 2 heterocycles. The van der Waals surface area contributed by atoms with E-state index < -0.39 is 23.9 Å². The number of carboxylic acid groups (broad SMARTS) is 1. The van der Waals surface area contributed by atoms with Crippen LogP contribution in [0, 0.1) is 5.82 Å². The van der Waals surface area contributed by atoms with Crippen molar-refractivity contribution in [2.75, 3.05) is 5.32 Å². The molecule has 1 aliphatic heterocycles. The summed E-state index contributed by atoms with van der Waals surface area (Å²) in [5, 5.41) is 12.0.